The molecule has 2 aromatic rings. The van der Waals surface area contributed by atoms with Crippen molar-refractivity contribution in [3.05, 3.63) is 45.0 Å². The van der Waals surface area contributed by atoms with E-state index >= 15 is 0 Å². The normalized spacial score (nSPS) is 12.8. The van der Waals surface area contributed by atoms with Crippen LogP contribution in [0.4, 0.5) is 0 Å². The standard InChI is InChI=1S/C11H11ClIN3/c1-7(14)11-5-15-6-16(11)10-3-2-8(13)4-9(10)12/h2-7H,14H2,1H3/t7-/m1/s1. The van der Waals surface area contributed by atoms with Crippen molar-refractivity contribution < 1.29 is 0 Å². The van der Waals surface area contributed by atoms with Crippen LogP contribution in [-0.2, 0) is 0 Å². The Balaban J connectivity index is 2.54. The zero-order valence-electron chi connectivity index (χ0n) is 8.69. The molecule has 0 bridgehead atoms. The quantitative estimate of drug-likeness (QED) is 0.848. The van der Waals surface area contributed by atoms with Crippen LogP contribution in [-0.4, -0.2) is 9.55 Å². The van der Waals surface area contributed by atoms with Crippen LogP contribution in [0.3, 0.4) is 0 Å². The first kappa shape index (κ1) is 11.9. The zero-order valence-corrected chi connectivity index (χ0v) is 11.6. The second-order valence-electron chi connectivity index (χ2n) is 3.57. The molecule has 1 aromatic heterocycles. The largest absolute Gasteiger partial charge is 0.323 e. The van der Waals surface area contributed by atoms with Gasteiger partial charge in [-0.3, -0.25) is 0 Å². The first-order chi connectivity index (χ1) is 7.59. The molecule has 0 aliphatic rings. The number of rotatable bonds is 2. The number of halogens is 2. The van der Waals surface area contributed by atoms with Crippen LogP contribution >= 0.6 is 34.2 Å². The lowest BCUT2D eigenvalue weighted by atomic mass is 10.2. The van der Waals surface area contributed by atoms with Crippen molar-refractivity contribution in [1.82, 2.24) is 9.55 Å². The lowest BCUT2D eigenvalue weighted by Crippen LogP contribution is -2.10. The number of hydrogen-bond donors (Lipinski definition) is 1. The van der Waals surface area contributed by atoms with E-state index in [1.165, 1.54) is 0 Å². The van der Waals surface area contributed by atoms with E-state index < -0.39 is 0 Å². The molecule has 1 aromatic carbocycles. The van der Waals surface area contributed by atoms with Gasteiger partial charge in [-0.2, -0.15) is 0 Å². The molecule has 0 aliphatic carbocycles. The van der Waals surface area contributed by atoms with Gasteiger partial charge in [0.05, 0.1) is 28.9 Å². The topological polar surface area (TPSA) is 43.8 Å². The summed E-state index contributed by atoms with van der Waals surface area (Å²) in [5.41, 5.74) is 7.73. The van der Waals surface area contributed by atoms with Gasteiger partial charge in [0.25, 0.3) is 0 Å². The third kappa shape index (κ3) is 2.23. The van der Waals surface area contributed by atoms with E-state index in [1.54, 1.807) is 12.5 Å². The van der Waals surface area contributed by atoms with Crippen molar-refractivity contribution in [2.24, 2.45) is 5.73 Å². The maximum atomic E-state index is 6.20. The van der Waals surface area contributed by atoms with Gasteiger partial charge in [-0.15, -0.1) is 0 Å². The Morgan fingerprint density at radius 3 is 2.88 bits per heavy atom. The van der Waals surface area contributed by atoms with Crippen LogP contribution in [0.5, 0.6) is 0 Å². The molecule has 0 spiro atoms. The zero-order chi connectivity index (χ0) is 11.7. The van der Waals surface area contributed by atoms with Crippen molar-refractivity contribution in [3.63, 3.8) is 0 Å². The van der Waals surface area contributed by atoms with Crippen molar-refractivity contribution >= 4 is 34.2 Å². The molecule has 1 atom stereocenters. The minimum absolute atomic E-state index is 0.0714. The molecule has 3 nitrogen and oxygen atoms in total. The van der Waals surface area contributed by atoms with Gasteiger partial charge in [0, 0.05) is 9.61 Å². The Kier molecular flexibility index (Phi) is 3.51. The fourth-order valence-corrected chi connectivity index (χ4v) is 2.47. The van der Waals surface area contributed by atoms with Crippen LogP contribution in [0.1, 0.15) is 18.7 Å². The molecule has 0 saturated carbocycles. The minimum Gasteiger partial charge on any atom is -0.323 e. The smallest absolute Gasteiger partial charge is 0.0995 e. The van der Waals surface area contributed by atoms with Crippen LogP contribution in [0, 0.1) is 3.57 Å². The van der Waals surface area contributed by atoms with E-state index in [0.717, 1.165) is 15.0 Å². The lowest BCUT2D eigenvalue weighted by Gasteiger charge is -2.12. The maximum Gasteiger partial charge on any atom is 0.0995 e. The van der Waals surface area contributed by atoms with E-state index in [4.69, 9.17) is 17.3 Å². The predicted molar refractivity (Wildman–Crippen MR) is 73.9 cm³/mol. The molecule has 2 N–H and O–H groups in total. The highest BCUT2D eigenvalue weighted by molar-refractivity contribution is 14.1. The summed E-state index contributed by atoms with van der Waals surface area (Å²) < 4.78 is 3.03. The van der Waals surface area contributed by atoms with Gasteiger partial charge in [-0.25, -0.2) is 4.98 Å². The van der Waals surface area contributed by atoms with Gasteiger partial charge >= 0.3 is 0 Å². The van der Waals surface area contributed by atoms with E-state index in [-0.39, 0.29) is 6.04 Å². The van der Waals surface area contributed by atoms with Crippen LogP contribution in [0.2, 0.25) is 5.02 Å². The first-order valence-electron chi connectivity index (χ1n) is 4.83. The molecule has 0 fully saturated rings. The van der Waals surface area contributed by atoms with Crippen molar-refractivity contribution in [1.29, 1.82) is 0 Å². The van der Waals surface area contributed by atoms with Crippen LogP contribution in [0.25, 0.3) is 5.69 Å². The molecule has 0 saturated heterocycles. The molecule has 0 aliphatic heterocycles. The van der Waals surface area contributed by atoms with E-state index in [9.17, 15) is 0 Å². The second-order valence-corrected chi connectivity index (χ2v) is 5.23. The Bertz CT molecular complexity index is 508. The average Bonchev–Trinajstić information content (AvgIpc) is 2.66. The molecule has 84 valence electrons. The van der Waals surface area contributed by atoms with Crippen LogP contribution in [0.15, 0.2) is 30.7 Å². The highest BCUT2D eigenvalue weighted by Gasteiger charge is 2.10. The summed E-state index contributed by atoms with van der Waals surface area (Å²) in [6.07, 6.45) is 3.49. The Morgan fingerprint density at radius 1 is 1.50 bits per heavy atom. The van der Waals surface area contributed by atoms with Gasteiger partial charge in [-0.1, -0.05) is 11.6 Å². The van der Waals surface area contributed by atoms with E-state index in [0.29, 0.717) is 5.02 Å². The van der Waals surface area contributed by atoms with Crippen molar-refractivity contribution in [3.8, 4) is 5.69 Å². The Hall–Kier alpha value is -0.590. The molecular formula is C11H11ClIN3. The minimum atomic E-state index is -0.0714. The number of aromatic nitrogens is 2. The molecular weight excluding hydrogens is 336 g/mol. The molecule has 0 unspecified atom stereocenters. The summed E-state index contributed by atoms with van der Waals surface area (Å²) in [5.74, 6) is 0. The number of nitrogens with zero attached hydrogens (tertiary/aromatic N) is 2. The summed E-state index contributed by atoms with van der Waals surface area (Å²) in [4.78, 5) is 4.11. The number of hydrogen-bond acceptors (Lipinski definition) is 2. The summed E-state index contributed by atoms with van der Waals surface area (Å²) in [6, 6.07) is 5.82. The predicted octanol–water partition coefficient (Wildman–Crippen LogP) is 3.15. The third-order valence-corrected chi connectivity index (χ3v) is 3.28. The van der Waals surface area contributed by atoms with Gasteiger partial charge in [-0.05, 0) is 47.7 Å². The molecule has 0 amide bonds. The monoisotopic (exact) mass is 347 g/mol. The van der Waals surface area contributed by atoms with Gasteiger partial charge in [0.1, 0.15) is 0 Å². The molecule has 1 heterocycles. The van der Waals surface area contributed by atoms with Crippen LogP contribution < -0.4 is 5.73 Å². The average molecular weight is 348 g/mol. The number of nitrogens with two attached hydrogens (primary N) is 1. The maximum absolute atomic E-state index is 6.20. The SMILES string of the molecule is C[C@@H](N)c1cncn1-c1ccc(I)cc1Cl. The van der Waals surface area contributed by atoms with Gasteiger partial charge < -0.3 is 10.3 Å². The first-order valence-corrected chi connectivity index (χ1v) is 6.28. The fraction of sp³-hybridized carbons (Fsp3) is 0.182. The summed E-state index contributed by atoms with van der Waals surface area (Å²) >= 11 is 8.43. The highest BCUT2D eigenvalue weighted by atomic mass is 127. The van der Waals surface area contributed by atoms with E-state index in [1.807, 2.05) is 29.7 Å². The van der Waals surface area contributed by atoms with Crippen molar-refractivity contribution in [2.75, 3.05) is 0 Å². The Labute approximate surface area is 113 Å². The molecule has 16 heavy (non-hydrogen) atoms. The summed E-state index contributed by atoms with van der Waals surface area (Å²) in [5, 5.41) is 0.701. The van der Waals surface area contributed by atoms with Crippen molar-refractivity contribution in [2.45, 2.75) is 13.0 Å². The third-order valence-electron chi connectivity index (χ3n) is 2.30. The van der Waals surface area contributed by atoms with Gasteiger partial charge in [0.15, 0.2) is 0 Å². The fourth-order valence-electron chi connectivity index (χ4n) is 1.52. The summed E-state index contributed by atoms with van der Waals surface area (Å²) in [7, 11) is 0. The van der Waals surface area contributed by atoms with E-state index in [2.05, 4.69) is 27.6 Å². The lowest BCUT2D eigenvalue weighted by molar-refractivity contribution is 0.752. The number of imidazole rings is 1. The second kappa shape index (κ2) is 4.73. The molecule has 5 heteroatoms. The Morgan fingerprint density at radius 2 is 2.25 bits per heavy atom. The van der Waals surface area contributed by atoms with Gasteiger partial charge in [0.2, 0.25) is 0 Å². The highest BCUT2D eigenvalue weighted by Crippen LogP contribution is 2.25. The molecule has 0 radical (unpaired) electrons. The molecule has 2 rings (SSSR count). The summed E-state index contributed by atoms with van der Waals surface area (Å²) in [6.45, 7) is 1.92. The number of benzene rings is 1.